The average molecular weight is 276 g/mol. The smallest absolute Gasteiger partial charge is 0.208 e. The number of sulfonamides is 1. The maximum absolute atomic E-state index is 10.8. The van der Waals surface area contributed by atoms with Gasteiger partial charge in [-0.15, -0.1) is 0 Å². The van der Waals surface area contributed by atoms with Crippen molar-refractivity contribution < 1.29 is 8.42 Å². The molecule has 1 aromatic heterocycles. The summed E-state index contributed by atoms with van der Waals surface area (Å²) in [4.78, 5) is 8.28. The normalized spacial score (nSPS) is 11.6. The van der Waals surface area contributed by atoms with Crippen molar-refractivity contribution in [2.45, 2.75) is 18.5 Å². The fraction of sp³-hybridized carbons (Fsp3) is 0.556. The number of nitrogens with one attached hydrogen (secondary N) is 1. The van der Waals surface area contributed by atoms with Crippen molar-refractivity contribution in [3.05, 3.63) is 11.8 Å². The van der Waals surface area contributed by atoms with Gasteiger partial charge in [-0.05, 0) is 13.3 Å². The zero-order chi connectivity index (χ0) is 12.9. The Labute approximate surface area is 105 Å². The molecule has 1 rings (SSSR count). The minimum Gasteiger partial charge on any atom is -0.384 e. The highest BCUT2D eigenvalue weighted by Crippen LogP contribution is 2.15. The van der Waals surface area contributed by atoms with Crippen LogP contribution >= 0.6 is 11.8 Å². The van der Waals surface area contributed by atoms with Crippen molar-refractivity contribution in [2.75, 3.05) is 24.3 Å². The summed E-state index contributed by atoms with van der Waals surface area (Å²) in [5, 5.41) is 0.627. The van der Waals surface area contributed by atoms with E-state index in [1.165, 1.54) is 11.8 Å². The van der Waals surface area contributed by atoms with E-state index in [1.54, 1.807) is 6.07 Å². The number of thioether (sulfide) groups is 1. The van der Waals surface area contributed by atoms with E-state index in [1.807, 2.05) is 6.92 Å². The van der Waals surface area contributed by atoms with Crippen LogP contribution in [0.1, 0.15) is 12.1 Å². The molecule has 3 N–H and O–H groups in total. The van der Waals surface area contributed by atoms with Crippen LogP contribution in [0.2, 0.25) is 0 Å². The second kappa shape index (κ2) is 6.18. The lowest BCUT2D eigenvalue weighted by Crippen LogP contribution is -2.23. The Balaban J connectivity index is 2.31. The first kappa shape index (κ1) is 14.2. The largest absolute Gasteiger partial charge is 0.384 e. The maximum Gasteiger partial charge on any atom is 0.208 e. The summed E-state index contributed by atoms with van der Waals surface area (Å²) in [7, 11) is -3.09. The fourth-order valence-electron chi connectivity index (χ4n) is 1.12. The highest BCUT2D eigenvalue weighted by atomic mass is 32.2. The third-order valence-corrected chi connectivity index (χ3v) is 3.43. The summed E-state index contributed by atoms with van der Waals surface area (Å²) in [6.45, 7) is 2.28. The first-order valence-electron chi connectivity index (χ1n) is 5.05. The van der Waals surface area contributed by atoms with Gasteiger partial charge in [0.05, 0.1) is 6.26 Å². The first-order chi connectivity index (χ1) is 7.87. The van der Waals surface area contributed by atoms with Crippen LogP contribution < -0.4 is 10.5 Å². The predicted octanol–water partition coefficient (Wildman–Crippen LogP) is 0.399. The summed E-state index contributed by atoms with van der Waals surface area (Å²) >= 11 is 1.46. The van der Waals surface area contributed by atoms with E-state index in [0.717, 1.165) is 24.1 Å². The molecule has 0 aliphatic heterocycles. The number of aromatic nitrogens is 2. The molecule has 0 atom stereocenters. The summed E-state index contributed by atoms with van der Waals surface area (Å²) < 4.78 is 24.0. The molecular formula is C9H16N4O2S2. The van der Waals surface area contributed by atoms with Crippen molar-refractivity contribution in [3.63, 3.8) is 0 Å². The highest BCUT2D eigenvalue weighted by Gasteiger charge is 2.02. The van der Waals surface area contributed by atoms with E-state index in [-0.39, 0.29) is 0 Å². The van der Waals surface area contributed by atoms with E-state index in [9.17, 15) is 8.42 Å². The van der Waals surface area contributed by atoms with Gasteiger partial charge < -0.3 is 5.73 Å². The Bertz CT molecular complexity index is 456. The van der Waals surface area contributed by atoms with Gasteiger partial charge in [-0.1, -0.05) is 11.8 Å². The molecule has 17 heavy (non-hydrogen) atoms. The molecule has 1 heterocycles. The van der Waals surface area contributed by atoms with Crippen molar-refractivity contribution >= 4 is 27.6 Å². The number of nitrogens with two attached hydrogens (primary N) is 1. The van der Waals surface area contributed by atoms with Gasteiger partial charge in [0.2, 0.25) is 10.0 Å². The highest BCUT2D eigenvalue weighted by molar-refractivity contribution is 7.99. The molecule has 0 amide bonds. The molecule has 1 aromatic rings. The van der Waals surface area contributed by atoms with Gasteiger partial charge in [-0.2, -0.15) is 0 Å². The van der Waals surface area contributed by atoms with Crippen LogP contribution in [-0.2, 0) is 10.0 Å². The van der Waals surface area contributed by atoms with Gasteiger partial charge in [0.15, 0.2) is 5.16 Å². The minimum absolute atomic E-state index is 0.424. The van der Waals surface area contributed by atoms with Gasteiger partial charge in [-0.3, -0.25) is 0 Å². The number of aryl methyl sites for hydroxylation is 1. The van der Waals surface area contributed by atoms with Gasteiger partial charge in [0.1, 0.15) is 5.82 Å². The molecule has 0 saturated heterocycles. The summed E-state index contributed by atoms with van der Waals surface area (Å²) in [5.74, 6) is 1.19. The van der Waals surface area contributed by atoms with Gasteiger partial charge in [-0.25, -0.2) is 23.1 Å². The lowest BCUT2D eigenvalue weighted by Gasteiger charge is -2.03. The second-order valence-electron chi connectivity index (χ2n) is 3.59. The predicted molar refractivity (Wildman–Crippen MR) is 69.4 cm³/mol. The van der Waals surface area contributed by atoms with Crippen LogP contribution in [-0.4, -0.2) is 36.9 Å². The number of hydrogen-bond acceptors (Lipinski definition) is 6. The molecule has 0 bridgehead atoms. The van der Waals surface area contributed by atoms with Crippen LogP contribution in [0, 0.1) is 6.92 Å². The van der Waals surface area contributed by atoms with Crippen LogP contribution in [0.5, 0.6) is 0 Å². The second-order valence-corrected chi connectivity index (χ2v) is 6.48. The molecule has 96 valence electrons. The van der Waals surface area contributed by atoms with E-state index >= 15 is 0 Å². The fourth-order valence-corrected chi connectivity index (χ4v) is 2.49. The van der Waals surface area contributed by atoms with E-state index < -0.39 is 10.0 Å². The third kappa shape index (κ3) is 6.44. The molecule has 0 fully saturated rings. The van der Waals surface area contributed by atoms with E-state index in [0.29, 0.717) is 17.5 Å². The summed E-state index contributed by atoms with van der Waals surface area (Å²) in [6.07, 6.45) is 1.86. The first-order valence-corrected chi connectivity index (χ1v) is 7.93. The molecule has 6 nitrogen and oxygen atoms in total. The molecule has 0 spiro atoms. The Hall–Kier alpha value is -0.860. The average Bonchev–Trinajstić information content (AvgIpc) is 2.13. The zero-order valence-electron chi connectivity index (χ0n) is 9.80. The molecular weight excluding hydrogens is 260 g/mol. The molecule has 0 radical (unpaired) electrons. The Morgan fingerprint density at radius 1 is 1.47 bits per heavy atom. The van der Waals surface area contributed by atoms with Gasteiger partial charge >= 0.3 is 0 Å². The molecule has 0 aromatic carbocycles. The minimum atomic E-state index is -3.09. The summed E-state index contributed by atoms with van der Waals surface area (Å²) in [5.41, 5.74) is 6.42. The molecule has 0 aliphatic rings. The zero-order valence-corrected chi connectivity index (χ0v) is 11.4. The van der Waals surface area contributed by atoms with Crippen molar-refractivity contribution in [1.29, 1.82) is 0 Å². The van der Waals surface area contributed by atoms with Crippen LogP contribution in [0.4, 0.5) is 5.82 Å². The van der Waals surface area contributed by atoms with Gasteiger partial charge in [0.25, 0.3) is 0 Å². The van der Waals surface area contributed by atoms with Crippen LogP contribution in [0.3, 0.4) is 0 Å². The van der Waals surface area contributed by atoms with Gasteiger partial charge in [0, 0.05) is 24.1 Å². The van der Waals surface area contributed by atoms with Crippen LogP contribution in [0.15, 0.2) is 11.2 Å². The lowest BCUT2D eigenvalue weighted by atomic mass is 10.4. The van der Waals surface area contributed by atoms with Crippen molar-refractivity contribution in [3.8, 4) is 0 Å². The van der Waals surface area contributed by atoms with E-state index in [2.05, 4.69) is 14.7 Å². The Kier molecular flexibility index (Phi) is 5.16. The Morgan fingerprint density at radius 2 is 2.18 bits per heavy atom. The maximum atomic E-state index is 10.8. The number of nitrogen functional groups attached to an aromatic ring is 1. The SMILES string of the molecule is Cc1cc(N)nc(SCCCNS(C)(=O)=O)n1. The number of hydrogen-bond donors (Lipinski definition) is 2. The van der Waals surface area contributed by atoms with Crippen molar-refractivity contribution in [2.24, 2.45) is 0 Å². The quantitative estimate of drug-likeness (QED) is 0.443. The molecule has 8 heteroatoms. The molecule has 0 unspecified atom stereocenters. The monoisotopic (exact) mass is 276 g/mol. The third-order valence-electron chi connectivity index (χ3n) is 1.77. The number of rotatable bonds is 6. The molecule has 0 saturated carbocycles. The number of nitrogens with zero attached hydrogens (tertiary/aromatic N) is 2. The number of anilines is 1. The Morgan fingerprint density at radius 3 is 2.76 bits per heavy atom. The van der Waals surface area contributed by atoms with Crippen molar-refractivity contribution in [1.82, 2.24) is 14.7 Å². The van der Waals surface area contributed by atoms with E-state index in [4.69, 9.17) is 5.73 Å². The standard InChI is InChI=1S/C9H16N4O2S2/c1-7-6-8(10)13-9(12-7)16-5-3-4-11-17(2,14)15/h6,11H,3-5H2,1-2H3,(H2,10,12,13). The summed E-state index contributed by atoms with van der Waals surface area (Å²) in [6, 6.07) is 1.70. The topological polar surface area (TPSA) is 98.0 Å². The lowest BCUT2D eigenvalue weighted by molar-refractivity contribution is 0.587. The molecule has 0 aliphatic carbocycles. The van der Waals surface area contributed by atoms with Crippen LogP contribution in [0.25, 0.3) is 0 Å².